The number of carboxylic acids is 1. The minimum atomic E-state index is -1.17. The number of nitrogens with one attached hydrogen (secondary N) is 4. The third kappa shape index (κ3) is 9.68. The molecule has 1 heterocycles. The van der Waals surface area contributed by atoms with Crippen LogP contribution in [0.4, 0.5) is 0 Å². The molecular formula is C26H38N6O5. The van der Waals surface area contributed by atoms with Crippen molar-refractivity contribution in [3.8, 4) is 0 Å². The van der Waals surface area contributed by atoms with Crippen molar-refractivity contribution in [2.24, 2.45) is 17.6 Å². The number of nitrogens with two attached hydrogens (primary N) is 1. The Morgan fingerprint density at radius 2 is 1.51 bits per heavy atom. The van der Waals surface area contributed by atoms with Gasteiger partial charge in [-0.2, -0.15) is 0 Å². The number of aromatic nitrogens is 2. The van der Waals surface area contributed by atoms with Crippen LogP contribution in [0.1, 0.15) is 45.4 Å². The van der Waals surface area contributed by atoms with Gasteiger partial charge in [-0.3, -0.25) is 14.4 Å². The van der Waals surface area contributed by atoms with Gasteiger partial charge in [0.1, 0.15) is 18.1 Å². The van der Waals surface area contributed by atoms with Gasteiger partial charge in [0.25, 0.3) is 0 Å². The van der Waals surface area contributed by atoms with Crippen LogP contribution in [0.25, 0.3) is 0 Å². The fraction of sp³-hybridized carbons (Fsp3) is 0.500. The molecule has 0 aliphatic carbocycles. The molecule has 7 N–H and O–H groups in total. The molecule has 2 aromatic rings. The highest BCUT2D eigenvalue weighted by atomic mass is 16.4. The monoisotopic (exact) mass is 514 g/mol. The summed E-state index contributed by atoms with van der Waals surface area (Å²) in [5.41, 5.74) is 7.39. The van der Waals surface area contributed by atoms with E-state index in [0.29, 0.717) is 12.1 Å². The van der Waals surface area contributed by atoms with E-state index in [1.165, 1.54) is 12.5 Å². The number of aliphatic carboxylic acids is 1. The lowest BCUT2D eigenvalue weighted by Crippen LogP contribution is -2.58. The highest BCUT2D eigenvalue weighted by Crippen LogP contribution is 2.09. The molecule has 0 saturated heterocycles. The Labute approximate surface area is 217 Å². The SMILES string of the molecule is CC(C)CC(N)C(=O)NC(Cc1cnc[nH]1)C(=O)NC(Cc1ccccc1)C(=O)NC(C(=O)O)C(C)C. The summed E-state index contributed by atoms with van der Waals surface area (Å²) in [6.45, 7) is 7.24. The first-order valence-corrected chi connectivity index (χ1v) is 12.4. The Hall–Kier alpha value is -3.73. The second-order valence-electron chi connectivity index (χ2n) is 9.90. The van der Waals surface area contributed by atoms with Crippen LogP contribution >= 0.6 is 0 Å². The second-order valence-corrected chi connectivity index (χ2v) is 9.90. The van der Waals surface area contributed by atoms with Crippen LogP contribution < -0.4 is 21.7 Å². The minimum Gasteiger partial charge on any atom is -0.480 e. The van der Waals surface area contributed by atoms with Crippen LogP contribution in [0.15, 0.2) is 42.9 Å². The van der Waals surface area contributed by atoms with E-state index in [1.54, 1.807) is 38.1 Å². The Morgan fingerprint density at radius 3 is 2.05 bits per heavy atom. The number of benzene rings is 1. The van der Waals surface area contributed by atoms with Gasteiger partial charge in [0.2, 0.25) is 17.7 Å². The Kier molecular flexibility index (Phi) is 11.3. The molecule has 0 aliphatic rings. The molecule has 0 fully saturated rings. The first-order chi connectivity index (χ1) is 17.5. The molecule has 11 heteroatoms. The van der Waals surface area contributed by atoms with E-state index in [9.17, 15) is 24.3 Å². The number of hydrogen-bond donors (Lipinski definition) is 6. The number of amides is 3. The van der Waals surface area contributed by atoms with Gasteiger partial charge in [-0.15, -0.1) is 0 Å². The van der Waals surface area contributed by atoms with Crippen LogP contribution in [0.3, 0.4) is 0 Å². The molecule has 3 amide bonds. The highest BCUT2D eigenvalue weighted by Gasteiger charge is 2.31. The van der Waals surface area contributed by atoms with E-state index in [0.717, 1.165) is 5.56 Å². The van der Waals surface area contributed by atoms with Crippen molar-refractivity contribution in [2.75, 3.05) is 0 Å². The van der Waals surface area contributed by atoms with Gasteiger partial charge in [0.15, 0.2) is 0 Å². The zero-order valence-corrected chi connectivity index (χ0v) is 21.7. The van der Waals surface area contributed by atoms with E-state index in [4.69, 9.17) is 5.73 Å². The molecule has 0 radical (unpaired) electrons. The number of carboxylic acid groups (broad SMARTS) is 1. The number of rotatable bonds is 14. The summed E-state index contributed by atoms with van der Waals surface area (Å²) in [5, 5.41) is 17.5. The van der Waals surface area contributed by atoms with Gasteiger partial charge in [-0.1, -0.05) is 58.0 Å². The molecule has 2 rings (SSSR count). The smallest absolute Gasteiger partial charge is 0.326 e. The fourth-order valence-corrected chi connectivity index (χ4v) is 3.82. The maximum Gasteiger partial charge on any atom is 0.326 e. The van der Waals surface area contributed by atoms with Gasteiger partial charge in [-0.05, 0) is 23.8 Å². The van der Waals surface area contributed by atoms with Crippen LogP contribution in [0, 0.1) is 11.8 Å². The number of carbonyl (C=O) groups excluding carboxylic acids is 3. The quantitative estimate of drug-likeness (QED) is 0.215. The van der Waals surface area contributed by atoms with Gasteiger partial charge in [-0.25, -0.2) is 9.78 Å². The first kappa shape index (κ1) is 29.5. The van der Waals surface area contributed by atoms with Crippen LogP contribution in [0.5, 0.6) is 0 Å². The molecule has 0 spiro atoms. The average molecular weight is 515 g/mol. The predicted molar refractivity (Wildman–Crippen MR) is 138 cm³/mol. The molecule has 11 nitrogen and oxygen atoms in total. The van der Waals surface area contributed by atoms with E-state index >= 15 is 0 Å². The summed E-state index contributed by atoms with van der Waals surface area (Å²) in [5.74, 6) is -3.08. The number of nitrogens with zero attached hydrogens (tertiary/aromatic N) is 1. The molecule has 0 saturated carbocycles. The van der Waals surface area contributed by atoms with Gasteiger partial charge < -0.3 is 31.8 Å². The lowest BCUT2D eigenvalue weighted by Gasteiger charge is -2.26. The molecule has 37 heavy (non-hydrogen) atoms. The first-order valence-electron chi connectivity index (χ1n) is 12.4. The highest BCUT2D eigenvalue weighted by molar-refractivity contribution is 5.94. The number of hydrogen-bond acceptors (Lipinski definition) is 6. The molecule has 0 bridgehead atoms. The lowest BCUT2D eigenvalue weighted by molar-refractivity contribution is -0.143. The summed E-state index contributed by atoms with van der Waals surface area (Å²) in [4.78, 5) is 57.9. The van der Waals surface area contributed by atoms with E-state index in [1.807, 2.05) is 19.9 Å². The van der Waals surface area contributed by atoms with Crippen LogP contribution in [-0.2, 0) is 32.0 Å². The summed E-state index contributed by atoms with van der Waals surface area (Å²) in [6, 6.07) is 4.98. The molecular weight excluding hydrogens is 476 g/mol. The van der Waals surface area contributed by atoms with Gasteiger partial charge in [0.05, 0.1) is 12.4 Å². The molecule has 1 aromatic heterocycles. The van der Waals surface area contributed by atoms with Crippen molar-refractivity contribution >= 4 is 23.7 Å². The second kappa shape index (κ2) is 14.1. The maximum atomic E-state index is 13.4. The lowest BCUT2D eigenvalue weighted by atomic mass is 10.0. The topological polar surface area (TPSA) is 179 Å². The summed E-state index contributed by atoms with van der Waals surface area (Å²) in [7, 11) is 0. The number of imidazole rings is 1. The van der Waals surface area contributed by atoms with Crippen molar-refractivity contribution < 1.29 is 24.3 Å². The number of carbonyl (C=O) groups is 4. The van der Waals surface area contributed by atoms with Crippen molar-refractivity contribution in [3.05, 3.63) is 54.1 Å². The minimum absolute atomic E-state index is 0.0927. The fourth-order valence-electron chi connectivity index (χ4n) is 3.82. The average Bonchev–Trinajstić information content (AvgIpc) is 3.34. The van der Waals surface area contributed by atoms with E-state index in [-0.39, 0.29) is 24.7 Å². The third-order valence-electron chi connectivity index (χ3n) is 5.82. The largest absolute Gasteiger partial charge is 0.480 e. The van der Waals surface area contributed by atoms with Gasteiger partial charge >= 0.3 is 5.97 Å². The molecule has 4 unspecified atom stereocenters. The van der Waals surface area contributed by atoms with Crippen LogP contribution in [-0.4, -0.2) is 62.9 Å². The Morgan fingerprint density at radius 1 is 0.919 bits per heavy atom. The number of aromatic amines is 1. The predicted octanol–water partition coefficient (Wildman–Crippen LogP) is 0.763. The van der Waals surface area contributed by atoms with Crippen molar-refractivity contribution in [1.29, 1.82) is 0 Å². The van der Waals surface area contributed by atoms with Gasteiger partial charge in [0, 0.05) is 24.7 Å². The maximum absolute atomic E-state index is 13.4. The normalized spacial score (nSPS) is 14.5. The molecule has 0 aliphatic heterocycles. The van der Waals surface area contributed by atoms with Crippen molar-refractivity contribution in [2.45, 2.75) is 71.1 Å². The summed E-state index contributed by atoms with van der Waals surface area (Å²) in [6.07, 6.45) is 3.65. The zero-order chi connectivity index (χ0) is 27.5. The third-order valence-corrected chi connectivity index (χ3v) is 5.82. The van der Waals surface area contributed by atoms with Crippen molar-refractivity contribution in [3.63, 3.8) is 0 Å². The Balaban J connectivity index is 2.27. The van der Waals surface area contributed by atoms with Crippen LogP contribution in [0.2, 0.25) is 0 Å². The Bertz CT molecular complexity index is 1030. The standard InChI is InChI=1S/C26H38N6O5/c1-15(2)10-19(27)23(33)30-21(12-18-13-28-14-29-18)24(34)31-20(11-17-8-6-5-7-9-17)25(35)32-22(16(3)4)26(36)37/h5-9,13-16,19-22H,10-12,27H2,1-4H3,(H,28,29)(H,30,33)(H,31,34)(H,32,35)(H,36,37). The summed E-state index contributed by atoms with van der Waals surface area (Å²) < 4.78 is 0. The molecule has 4 atom stereocenters. The number of H-pyrrole nitrogens is 1. The molecule has 202 valence electrons. The summed E-state index contributed by atoms with van der Waals surface area (Å²) >= 11 is 0. The van der Waals surface area contributed by atoms with E-state index < -0.39 is 47.9 Å². The van der Waals surface area contributed by atoms with E-state index in [2.05, 4.69) is 25.9 Å². The zero-order valence-electron chi connectivity index (χ0n) is 21.7. The van der Waals surface area contributed by atoms with Crippen molar-refractivity contribution in [1.82, 2.24) is 25.9 Å². The molecule has 1 aromatic carbocycles.